The Morgan fingerprint density at radius 2 is 1.64 bits per heavy atom. The van der Waals surface area contributed by atoms with Gasteiger partial charge in [-0.2, -0.15) is 8.42 Å². The summed E-state index contributed by atoms with van der Waals surface area (Å²) in [5, 5.41) is 10.9. The maximum absolute atomic E-state index is 13.2. The van der Waals surface area contributed by atoms with E-state index in [0.29, 0.717) is 0 Å². The Balaban J connectivity index is 3.63. The molecule has 33 heavy (non-hydrogen) atoms. The van der Waals surface area contributed by atoms with Gasteiger partial charge in [0.1, 0.15) is 5.60 Å². The van der Waals surface area contributed by atoms with Crippen LogP contribution in [0.2, 0.25) is 0 Å². The molecular formula is C21H29NO10S. The minimum Gasteiger partial charge on any atom is -0.466 e. The highest BCUT2D eigenvalue weighted by molar-refractivity contribution is 7.86. The monoisotopic (exact) mass is 487 g/mol. The molecule has 1 aromatic rings. The largest absolute Gasteiger partial charge is 0.466 e. The summed E-state index contributed by atoms with van der Waals surface area (Å²) >= 11 is 0. The zero-order valence-corrected chi connectivity index (χ0v) is 20.3. The number of benzene rings is 1. The molecule has 0 aliphatic heterocycles. The topological polar surface area (TPSA) is 156 Å². The molecular weight excluding hydrogens is 458 g/mol. The van der Waals surface area contributed by atoms with Crippen LogP contribution in [-0.4, -0.2) is 48.9 Å². The number of rotatable bonds is 11. The summed E-state index contributed by atoms with van der Waals surface area (Å²) < 4.78 is 41.3. The number of esters is 2. The molecule has 0 N–H and O–H groups in total. The van der Waals surface area contributed by atoms with E-state index in [0.717, 1.165) is 24.3 Å². The van der Waals surface area contributed by atoms with Gasteiger partial charge < -0.3 is 9.47 Å². The number of ether oxygens (including phenoxy) is 2. The van der Waals surface area contributed by atoms with Gasteiger partial charge in [0.15, 0.2) is 5.78 Å². The lowest BCUT2D eigenvalue weighted by molar-refractivity contribution is -0.384. The van der Waals surface area contributed by atoms with Gasteiger partial charge >= 0.3 is 11.9 Å². The number of nitro benzene ring substituents is 1. The van der Waals surface area contributed by atoms with Crippen molar-refractivity contribution in [2.24, 2.45) is 5.92 Å². The first kappa shape index (κ1) is 28.2. The molecule has 0 saturated carbocycles. The van der Waals surface area contributed by atoms with Crippen LogP contribution in [0.15, 0.2) is 29.2 Å². The van der Waals surface area contributed by atoms with E-state index in [1.54, 1.807) is 13.8 Å². The van der Waals surface area contributed by atoms with Crippen LogP contribution >= 0.6 is 0 Å². The van der Waals surface area contributed by atoms with Gasteiger partial charge in [-0.25, -0.2) is 8.98 Å². The predicted octanol–water partition coefficient (Wildman–Crippen LogP) is 2.95. The average Bonchev–Trinajstić information content (AvgIpc) is 2.65. The molecule has 1 unspecified atom stereocenters. The van der Waals surface area contributed by atoms with Gasteiger partial charge in [0.2, 0.25) is 0 Å². The van der Waals surface area contributed by atoms with Crippen molar-refractivity contribution in [3.8, 4) is 0 Å². The molecule has 0 aliphatic rings. The van der Waals surface area contributed by atoms with Crippen molar-refractivity contribution in [2.75, 3.05) is 6.61 Å². The van der Waals surface area contributed by atoms with Crippen LogP contribution in [0.3, 0.4) is 0 Å². The Morgan fingerprint density at radius 3 is 2.06 bits per heavy atom. The van der Waals surface area contributed by atoms with Crippen LogP contribution in [0, 0.1) is 16.0 Å². The summed E-state index contributed by atoms with van der Waals surface area (Å²) in [6.45, 7) is 9.22. The van der Waals surface area contributed by atoms with Crippen molar-refractivity contribution in [1.82, 2.24) is 0 Å². The molecule has 0 saturated heterocycles. The van der Waals surface area contributed by atoms with Gasteiger partial charge in [-0.1, -0.05) is 13.8 Å². The van der Waals surface area contributed by atoms with Crippen molar-refractivity contribution < 1.29 is 41.4 Å². The Kier molecular flexibility index (Phi) is 9.25. The SMILES string of the molecule is CCOC(=O)CC(OS(=O)(=O)c1ccc([N+](=O)[O-])cc1)(C(=O)CC(C)C)C(=O)OC(C)(C)C. The number of nitro groups is 1. The van der Waals surface area contributed by atoms with Crippen LogP contribution in [0.1, 0.15) is 54.4 Å². The Hall–Kier alpha value is -2.86. The molecule has 0 aromatic heterocycles. The van der Waals surface area contributed by atoms with E-state index < -0.39 is 55.3 Å². The van der Waals surface area contributed by atoms with Crippen molar-refractivity contribution in [1.29, 1.82) is 0 Å². The molecule has 11 nitrogen and oxygen atoms in total. The minimum atomic E-state index is -4.85. The predicted molar refractivity (Wildman–Crippen MR) is 116 cm³/mol. The number of carbonyl (C=O) groups is 3. The van der Waals surface area contributed by atoms with E-state index in [2.05, 4.69) is 0 Å². The zero-order chi connectivity index (χ0) is 25.6. The maximum Gasteiger partial charge on any atom is 0.348 e. The lowest BCUT2D eigenvalue weighted by Gasteiger charge is -2.32. The Morgan fingerprint density at radius 1 is 1.09 bits per heavy atom. The van der Waals surface area contributed by atoms with Crippen molar-refractivity contribution in [2.45, 2.75) is 70.5 Å². The summed E-state index contributed by atoms with van der Waals surface area (Å²) in [6, 6.07) is 3.63. The molecule has 0 bridgehead atoms. The summed E-state index contributed by atoms with van der Waals surface area (Å²) in [5.74, 6) is -3.70. The molecule has 0 aliphatic carbocycles. The highest BCUT2D eigenvalue weighted by Crippen LogP contribution is 2.31. The third-order valence-electron chi connectivity index (χ3n) is 4.06. The van der Waals surface area contributed by atoms with E-state index in [1.807, 2.05) is 0 Å². The number of nitrogens with zero attached hydrogens (tertiary/aromatic N) is 1. The lowest BCUT2D eigenvalue weighted by Crippen LogP contribution is -2.54. The fourth-order valence-corrected chi connectivity index (χ4v) is 3.84. The summed E-state index contributed by atoms with van der Waals surface area (Å²) in [4.78, 5) is 48.3. The number of hydrogen-bond donors (Lipinski definition) is 0. The second-order valence-corrected chi connectivity index (χ2v) is 10.2. The fourth-order valence-electron chi connectivity index (χ4n) is 2.68. The molecule has 0 spiro atoms. The molecule has 0 radical (unpaired) electrons. The Bertz CT molecular complexity index is 993. The first-order valence-electron chi connectivity index (χ1n) is 10.2. The third-order valence-corrected chi connectivity index (χ3v) is 5.41. The van der Waals surface area contributed by atoms with Gasteiger partial charge in [-0.05, 0) is 45.7 Å². The number of hydrogen-bond acceptors (Lipinski definition) is 10. The quantitative estimate of drug-likeness (QED) is 0.149. The summed E-state index contributed by atoms with van der Waals surface area (Å²) in [5.41, 5.74) is -4.37. The molecule has 1 rings (SSSR count). The summed E-state index contributed by atoms with van der Waals surface area (Å²) in [6.07, 6.45) is -1.33. The van der Waals surface area contributed by atoms with Gasteiger partial charge in [0.05, 0.1) is 22.8 Å². The van der Waals surface area contributed by atoms with Gasteiger partial charge in [0.25, 0.3) is 21.4 Å². The standard InChI is InChI=1S/C21H29NO10S/c1-7-30-18(24)13-21(17(23)12-14(2)3,19(25)31-20(4,5)6)32-33(28,29)16-10-8-15(9-11-16)22(26)27/h8-11,14H,7,12-13H2,1-6H3. The average molecular weight is 488 g/mol. The second-order valence-electron chi connectivity index (χ2n) is 8.62. The first-order chi connectivity index (χ1) is 15.0. The van der Waals surface area contributed by atoms with Gasteiger partial charge in [-0.15, -0.1) is 0 Å². The van der Waals surface area contributed by atoms with E-state index >= 15 is 0 Å². The molecule has 12 heteroatoms. The van der Waals surface area contributed by atoms with E-state index in [4.69, 9.17) is 13.7 Å². The molecule has 1 atom stereocenters. The third kappa shape index (κ3) is 7.90. The zero-order valence-electron chi connectivity index (χ0n) is 19.4. The van der Waals surface area contributed by atoms with Crippen molar-refractivity contribution in [3.05, 3.63) is 34.4 Å². The highest BCUT2D eigenvalue weighted by atomic mass is 32.2. The van der Waals surface area contributed by atoms with E-state index in [1.165, 1.54) is 27.7 Å². The Labute approximate surface area is 192 Å². The lowest BCUT2D eigenvalue weighted by atomic mass is 9.88. The molecule has 0 fully saturated rings. The normalized spacial score (nSPS) is 13.8. The molecule has 184 valence electrons. The van der Waals surface area contributed by atoms with Crippen LogP contribution < -0.4 is 0 Å². The molecule has 0 amide bonds. The van der Waals surface area contributed by atoms with Crippen LogP contribution in [0.4, 0.5) is 5.69 Å². The number of non-ortho nitro benzene ring substituents is 1. The van der Waals surface area contributed by atoms with Crippen LogP contribution in [0.25, 0.3) is 0 Å². The molecule has 0 heterocycles. The smallest absolute Gasteiger partial charge is 0.348 e. The highest BCUT2D eigenvalue weighted by Gasteiger charge is 2.55. The molecule has 1 aromatic carbocycles. The van der Waals surface area contributed by atoms with Crippen LogP contribution in [0.5, 0.6) is 0 Å². The summed E-state index contributed by atoms with van der Waals surface area (Å²) in [7, 11) is -4.85. The van der Waals surface area contributed by atoms with Gasteiger partial charge in [-0.3, -0.25) is 19.7 Å². The van der Waals surface area contributed by atoms with Crippen molar-refractivity contribution in [3.63, 3.8) is 0 Å². The van der Waals surface area contributed by atoms with Crippen LogP contribution in [-0.2, 0) is 38.2 Å². The maximum atomic E-state index is 13.2. The van der Waals surface area contributed by atoms with E-state index in [-0.39, 0.29) is 24.6 Å². The minimum absolute atomic E-state index is 0.0866. The second kappa shape index (κ2) is 10.8. The van der Waals surface area contributed by atoms with E-state index in [9.17, 15) is 32.9 Å². The fraction of sp³-hybridized carbons (Fsp3) is 0.571. The number of Topliss-reactive ketones (excluding diaryl/α,β-unsaturated/α-hetero) is 1. The number of carbonyl (C=O) groups excluding carboxylic acids is 3. The van der Waals surface area contributed by atoms with Gasteiger partial charge in [0, 0.05) is 18.6 Å². The number of ketones is 1. The first-order valence-corrected chi connectivity index (χ1v) is 11.6. The van der Waals surface area contributed by atoms with Crippen molar-refractivity contribution >= 4 is 33.5 Å².